The minimum atomic E-state index is -1.02. The number of cyclic esters (lactones) is 1. The Morgan fingerprint density at radius 3 is 2.00 bits per heavy atom. The van der Waals surface area contributed by atoms with Gasteiger partial charge in [-0.2, -0.15) is 0 Å². The summed E-state index contributed by atoms with van der Waals surface area (Å²) in [5, 5.41) is 6.45. The lowest BCUT2D eigenvalue weighted by Crippen LogP contribution is -2.32. The highest BCUT2D eigenvalue weighted by Gasteiger charge is 2.49. The second-order valence-electron chi connectivity index (χ2n) is 7.69. The normalized spacial score (nSPS) is 18.3. The highest BCUT2D eigenvalue weighted by molar-refractivity contribution is 5.96. The van der Waals surface area contributed by atoms with Crippen molar-refractivity contribution in [3.63, 3.8) is 0 Å². The summed E-state index contributed by atoms with van der Waals surface area (Å²) in [6.07, 6.45) is 0. The van der Waals surface area contributed by atoms with E-state index in [-0.39, 0.29) is 5.97 Å². The molecule has 0 saturated carbocycles. The average Bonchev–Trinajstić information content (AvgIpc) is 3.12. The zero-order chi connectivity index (χ0) is 20.1. The van der Waals surface area contributed by atoms with Gasteiger partial charge in [0.25, 0.3) is 0 Å². The number of benzene rings is 3. The second-order valence-corrected chi connectivity index (χ2v) is 7.69. The molecule has 2 N–H and O–H groups in total. The van der Waals surface area contributed by atoms with Gasteiger partial charge in [-0.05, 0) is 30.3 Å². The standard InChI is InChI=1S/C24H20N2O4/c27-23-19-3-1-2-4-20(19)24(30-23,17-5-7-21-15(9-17)11-25-13-28-21)18-6-8-22-16(10-18)12-26-14-29-22/h1-10,25-26H,11-14H2. The molecule has 6 nitrogen and oxygen atoms in total. The van der Waals surface area contributed by atoms with Crippen molar-refractivity contribution in [3.8, 4) is 11.5 Å². The quantitative estimate of drug-likeness (QED) is 0.645. The van der Waals surface area contributed by atoms with Gasteiger partial charge in [0, 0.05) is 40.9 Å². The molecule has 3 aromatic carbocycles. The average molecular weight is 400 g/mol. The highest BCUT2D eigenvalue weighted by Crippen LogP contribution is 2.48. The SMILES string of the molecule is O=C1OC(c2ccc3c(c2)CNCO3)(c2ccc3c(c2)CNCO3)c2ccccc21. The molecular formula is C24H20N2O4. The molecule has 3 aromatic rings. The van der Waals surface area contributed by atoms with Crippen molar-refractivity contribution < 1.29 is 19.0 Å². The van der Waals surface area contributed by atoms with Gasteiger partial charge in [-0.3, -0.25) is 10.6 Å². The Balaban J connectivity index is 1.60. The molecule has 3 heterocycles. The molecule has 6 rings (SSSR count). The Kier molecular flexibility index (Phi) is 3.84. The van der Waals surface area contributed by atoms with Crippen LogP contribution in [0.4, 0.5) is 0 Å². The van der Waals surface area contributed by atoms with Crippen molar-refractivity contribution in [3.05, 3.63) is 94.0 Å². The van der Waals surface area contributed by atoms with E-state index in [0.29, 0.717) is 32.1 Å². The van der Waals surface area contributed by atoms with Gasteiger partial charge in [0.15, 0.2) is 5.60 Å². The molecule has 0 fully saturated rings. The van der Waals surface area contributed by atoms with Crippen LogP contribution in [0.3, 0.4) is 0 Å². The van der Waals surface area contributed by atoms with Crippen molar-refractivity contribution in [1.29, 1.82) is 0 Å². The van der Waals surface area contributed by atoms with Gasteiger partial charge in [-0.15, -0.1) is 0 Å². The third-order valence-corrected chi connectivity index (χ3v) is 6.00. The number of fused-ring (bicyclic) bond motifs is 3. The lowest BCUT2D eigenvalue weighted by molar-refractivity contribution is 0.0250. The third-order valence-electron chi connectivity index (χ3n) is 6.00. The number of carbonyl (C=O) groups is 1. The number of hydrogen-bond donors (Lipinski definition) is 2. The van der Waals surface area contributed by atoms with Crippen molar-refractivity contribution in [2.75, 3.05) is 13.5 Å². The molecule has 0 radical (unpaired) electrons. The fourth-order valence-electron chi connectivity index (χ4n) is 4.60. The fourth-order valence-corrected chi connectivity index (χ4v) is 4.60. The van der Waals surface area contributed by atoms with Gasteiger partial charge in [-0.1, -0.05) is 30.3 Å². The molecule has 150 valence electrons. The van der Waals surface area contributed by atoms with Crippen LogP contribution in [0.15, 0.2) is 60.7 Å². The summed E-state index contributed by atoms with van der Waals surface area (Å²) in [6, 6.07) is 19.7. The van der Waals surface area contributed by atoms with Crippen LogP contribution >= 0.6 is 0 Å². The lowest BCUT2D eigenvalue weighted by Gasteiger charge is -2.32. The first-order chi connectivity index (χ1) is 14.8. The van der Waals surface area contributed by atoms with Gasteiger partial charge in [-0.25, -0.2) is 4.79 Å². The van der Waals surface area contributed by atoms with E-state index in [1.165, 1.54) is 0 Å². The Morgan fingerprint density at radius 1 is 0.767 bits per heavy atom. The van der Waals surface area contributed by atoms with Crippen LogP contribution in [0.2, 0.25) is 0 Å². The number of ether oxygens (including phenoxy) is 3. The van der Waals surface area contributed by atoms with E-state index in [1.54, 1.807) is 0 Å². The maximum absolute atomic E-state index is 12.9. The molecule has 3 aliphatic heterocycles. The first-order valence-corrected chi connectivity index (χ1v) is 10.0. The summed E-state index contributed by atoms with van der Waals surface area (Å²) in [4.78, 5) is 12.9. The summed E-state index contributed by atoms with van der Waals surface area (Å²) in [6.45, 7) is 2.40. The molecule has 0 atom stereocenters. The first-order valence-electron chi connectivity index (χ1n) is 10.0. The largest absolute Gasteiger partial charge is 0.478 e. The van der Waals surface area contributed by atoms with Crippen LogP contribution in [0.25, 0.3) is 0 Å². The van der Waals surface area contributed by atoms with Crippen molar-refractivity contribution in [2.24, 2.45) is 0 Å². The van der Waals surface area contributed by atoms with Gasteiger partial charge in [0.1, 0.15) is 25.0 Å². The summed E-state index contributed by atoms with van der Waals surface area (Å²) in [5.74, 6) is 1.39. The van der Waals surface area contributed by atoms with E-state index in [1.807, 2.05) is 48.5 Å². The maximum atomic E-state index is 12.9. The summed E-state index contributed by atoms with van der Waals surface area (Å²) < 4.78 is 17.6. The second kappa shape index (κ2) is 6.58. The number of rotatable bonds is 2. The molecule has 6 heteroatoms. The van der Waals surface area contributed by atoms with Crippen LogP contribution in [0.1, 0.15) is 38.2 Å². The minimum Gasteiger partial charge on any atom is -0.478 e. The van der Waals surface area contributed by atoms with Crippen LogP contribution in [0.5, 0.6) is 11.5 Å². The molecule has 0 aliphatic carbocycles. The van der Waals surface area contributed by atoms with E-state index in [0.717, 1.165) is 39.3 Å². The van der Waals surface area contributed by atoms with E-state index >= 15 is 0 Å². The summed E-state index contributed by atoms with van der Waals surface area (Å²) in [5.41, 5.74) is 4.31. The smallest absolute Gasteiger partial charge is 0.340 e. The molecular weight excluding hydrogens is 380 g/mol. The first kappa shape index (κ1) is 17.5. The van der Waals surface area contributed by atoms with Gasteiger partial charge in [0.05, 0.1) is 5.56 Å². The van der Waals surface area contributed by atoms with Gasteiger partial charge in [0.2, 0.25) is 0 Å². The number of nitrogens with one attached hydrogen (secondary N) is 2. The molecule has 0 bridgehead atoms. The zero-order valence-corrected chi connectivity index (χ0v) is 16.2. The highest BCUT2D eigenvalue weighted by atomic mass is 16.6. The van der Waals surface area contributed by atoms with E-state index in [2.05, 4.69) is 22.8 Å². The monoisotopic (exact) mass is 400 g/mol. The predicted molar refractivity (Wildman–Crippen MR) is 109 cm³/mol. The van der Waals surface area contributed by atoms with E-state index < -0.39 is 5.60 Å². The molecule has 30 heavy (non-hydrogen) atoms. The Hall–Kier alpha value is -3.35. The van der Waals surface area contributed by atoms with Crippen LogP contribution < -0.4 is 20.1 Å². The molecule has 0 unspecified atom stereocenters. The number of hydrogen-bond acceptors (Lipinski definition) is 6. The Bertz CT molecular complexity index is 1110. The fraction of sp³-hybridized carbons (Fsp3) is 0.208. The maximum Gasteiger partial charge on any atom is 0.340 e. The van der Waals surface area contributed by atoms with Crippen LogP contribution in [0, 0.1) is 0 Å². The Morgan fingerprint density at radius 2 is 1.37 bits per heavy atom. The topological polar surface area (TPSA) is 68.8 Å². The van der Waals surface area contributed by atoms with Gasteiger partial charge >= 0.3 is 5.97 Å². The van der Waals surface area contributed by atoms with Gasteiger partial charge < -0.3 is 14.2 Å². The van der Waals surface area contributed by atoms with Crippen LogP contribution in [-0.4, -0.2) is 19.4 Å². The van der Waals surface area contributed by atoms with Crippen molar-refractivity contribution in [2.45, 2.75) is 18.7 Å². The van der Waals surface area contributed by atoms with E-state index in [9.17, 15) is 4.79 Å². The number of carbonyl (C=O) groups excluding carboxylic acids is 1. The minimum absolute atomic E-state index is 0.315. The molecule has 0 spiro atoms. The summed E-state index contributed by atoms with van der Waals surface area (Å²) in [7, 11) is 0. The molecule has 0 amide bonds. The Labute approximate surface area is 173 Å². The zero-order valence-electron chi connectivity index (χ0n) is 16.2. The van der Waals surface area contributed by atoms with Crippen LogP contribution in [-0.2, 0) is 23.4 Å². The predicted octanol–water partition coefficient (Wildman–Crippen LogP) is 3.03. The molecule has 0 aromatic heterocycles. The number of esters is 1. The van der Waals surface area contributed by atoms with Crippen molar-refractivity contribution >= 4 is 5.97 Å². The molecule has 0 saturated heterocycles. The lowest BCUT2D eigenvalue weighted by atomic mass is 9.78. The van der Waals surface area contributed by atoms with E-state index in [4.69, 9.17) is 14.2 Å². The third kappa shape index (κ3) is 2.47. The molecule has 3 aliphatic rings. The summed E-state index contributed by atoms with van der Waals surface area (Å²) >= 11 is 0. The van der Waals surface area contributed by atoms with Crippen molar-refractivity contribution in [1.82, 2.24) is 10.6 Å².